The number of ketones is 2. The van der Waals surface area contributed by atoms with Crippen LogP contribution in [0.25, 0.3) is 5.76 Å². The molecule has 0 spiro atoms. The van der Waals surface area contributed by atoms with Crippen molar-refractivity contribution >= 4 is 23.2 Å². The number of Topliss-reactive ketones (excluding diaryl/α,β-unsaturated/α-hetero) is 2. The predicted molar refractivity (Wildman–Crippen MR) is 104 cm³/mol. The molecular weight excluding hydrogens is 410 g/mol. The standard InChI is InChI=1S/C20H19N3O8/c1-5-6-3-2-4-7(24)9(6)15(25)10-8(5)16(26)12-13(21)14(23-31)11(19(22)29)18(28)20(12,30)17(10)27/h2-5,8,12-13,16,24-26,30H,21H2,1H3,(H2,22,29). The van der Waals surface area contributed by atoms with Gasteiger partial charge < -0.3 is 31.9 Å². The van der Waals surface area contributed by atoms with Crippen LogP contribution in [0.1, 0.15) is 24.0 Å². The van der Waals surface area contributed by atoms with Gasteiger partial charge in [-0.25, -0.2) is 0 Å². The van der Waals surface area contributed by atoms with Gasteiger partial charge in [-0.2, -0.15) is 0 Å². The van der Waals surface area contributed by atoms with Crippen molar-refractivity contribution in [1.82, 2.24) is 0 Å². The van der Waals surface area contributed by atoms with Crippen molar-refractivity contribution in [2.45, 2.75) is 30.6 Å². The topological polar surface area (TPSA) is 214 Å². The summed E-state index contributed by atoms with van der Waals surface area (Å²) in [5.41, 5.74) is 6.14. The van der Waals surface area contributed by atoms with E-state index in [2.05, 4.69) is 5.18 Å². The summed E-state index contributed by atoms with van der Waals surface area (Å²) in [5.74, 6) is -8.83. The first-order valence-electron chi connectivity index (χ1n) is 9.38. The molecule has 162 valence electrons. The molecule has 1 fully saturated rings. The van der Waals surface area contributed by atoms with Gasteiger partial charge in [0.15, 0.2) is 5.60 Å². The fourth-order valence-corrected chi connectivity index (χ4v) is 5.20. The lowest BCUT2D eigenvalue weighted by molar-refractivity contribution is -0.169. The van der Waals surface area contributed by atoms with E-state index in [0.29, 0.717) is 5.56 Å². The van der Waals surface area contributed by atoms with Crippen LogP contribution in [0.2, 0.25) is 0 Å². The van der Waals surface area contributed by atoms with Crippen LogP contribution in [0.15, 0.2) is 40.2 Å². The fraction of sp³-hybridized carbons (Fsp3) is 0.350. The molecule has 6 atom stereocenters. The van der Waals surface area contributed by atoms with E-state index >= 15 is 0 Å². The number of aromatic hydroxyl groups is 1. The van der Waals surface area contributed by atoms with Gasteiger partial charge in [-0.3, -0.25) is 14.4 Å². The fourth-order valence-electron chi connectivity index (χ4n) is 5.20. The highest BCUT2D eigenvalue weighted by molar-refractivity contribution is 6.33. The molecule has 31 heavy (non-hydrogen) atoms. The molecule has 0 aliphatic heterocycles. The summed E-state index contributed by atoms with van der Waals surface area (Å²) in [6.07, 6.45) is -1.70. The number of phenols is 1. The first-order valence-corrected chi connectivity index (χ1v) is 9.38. The van der Waals surface area contributed by atoms with Gasteiger partial charge in [-0.05, 0) is 22.7 Å². The summed E-state index contributed by atoms with van der Waals surface area (Å²) in [5, 5.41) is 46.1. The zero-order valence-corrected chi connectivity index (χ0v) is 16.1. The number of benzene rings is 1. The molecular formula is C20H19N3O8. The third-order valence-electron chi connectivity index (χ3n) is 6.62. The number of nitrogens with zero attached hydrogens (tertiary/aromatic N) is 1. The number of carbonyl (C=O) groups excluding carboxylic acids is 3. The third kappa shape index (κ3) is 2.36. The Bertz CT molecular complexity index is 1140. The maximum atomic E-state index is 13.4. The molecule has 4 rings (SSSR count). The van der Waals surface area contributed by atoms with E-state index < -0.39 is 75.6 Å². The number of aliphatic hydroxyl groups excluding tert-OH is 2. The van der Waals surface area contributed by atoms with Gasteiger partial charge in [0.1, 0.15) is 22.8 Å². The monoisotopic (exact) mass is 429 g/mol. The van der Waals surface area contributed by atoms with Crippen molar-refractivity contribution in [3.8, 4) is 5.75 Å². The van der Waals surface area contributed by atoms with E-state index in [1.54, 1.807) is 13.0 Å². The molecule has 8 N–H and O–H groups in total. The number of nitrogens with two attached hydrogens (primary N) is 2. The van der Waals surface area contributed by atoms with Crippen molar-refractivity contribution in [2.75, 3.05) is 0 Å². The number of primary amides is 1. The number of fused-ring (bicyclic) bond motifs is 3. The Morgan fingerprint density at radius 1 is 1.19 bits per heavy atom. The predicted octanol–water partition coefficient (Wildman–Crippen LogP) is -0.899. The van der Waals surface area contributed by atoms with E-state index in [-0.39, 0.29) is 11.3 Å². The SMILES string of the molecule is CC1c2cccc(O)c2C(O)=C2C(=O)C3(O)C(=O)C(C(N)=O)=C(N=O)C(N)C3C(O)C21. The van der Waals surface area contributed by atoms with Crippen molar-refractivity contribution in [2.24, 2.45) is 28.5 Å². The summed E-state index contributed by atoms with van der Waals surface area (Å²) in [4.78, 5) is 49.6. The molecule has 11 heteroatoms. The highest BCUT2D eigenvalue weighted by Crippen LogP contribution is 2.54. The second-order valence-electron chi connectivity index (χ2n) is 8.00. The second kappa shape index (κ2) is 6.54. The van der Waals surface area contributed by atoms with Gasteiger partial charge in [0.05, 0.1) is 23.6 Å². The Hall–Kier alpha value is -3.41. The highest BCUT2D eigenvalue weighted by Gasteiger charge is 2.68. The minimum absolute atomic E-state index is 0.0719. The van der Waals surface area contributed by atoms with Crippen LogP contribution in [0.4, 0.5) is 0 Å². The van der Waals surface area contributed by atoms with E-state index in [9.17, 15) is 39.7 Å². The van der Waals surface area contributed by atoms with Gasteiger partial charge in [0.25, 0.3) is 5.91 Å². The number of hydrogen-bond acceptors (Lipinski definition) is 10. The Balaban J connectivity index is 2.03. The van der Waals surface area contributed by atoms with Crippen molar-refractivity contribution in [3.05, 3.63) is 51.1 Å². The van der Waals surface area contributed by atoms with Crippen molar-refractivity contribution in [3.63, 3.8) is 0 Å². The van der Waals surface area contributed by atoms with Gasteiger partial charge in [-0.1, -0.05) is 19.1 Å². The van der Waals surface area contributed by atoms with Crippen LogP contribution in [0.5, 0.6) is 5.75 Å². The maximum absolute atomic E-state index is 13.4. The quantitative estimate of drug-likeness (QED) is 0.195. The Kier molecular flexibility index (Phi) is 4.40. The van der Waals surface area contributed by atoms with E-state index in [1.807, 2.05) is 0 Å². The molecule has 3 aliphatic carbocycles. The van der Waals surface area contributed by atoms with Crippen LogP contribution < -0.4 is 11.5 Å². The number of hydrogen-bond donors (Lipinski definition) is 6. The molecule has 6 unspecified atom stereocenters. The minimum atomic E-state index is -3.07. The number of phenolic OH excluding ortho intramolecular Hbond substituents is 1. The van der Waals surface area contributed by atoms with Crippen LogP contribution >= 0.6 is 0 Å². The van der Waals surface area contributed by atoms with Gasteiger partial charge in [-0.15, -0.1) is 4.91 Å². The summed E-state index contributed by atoms with van der Waals surface area (Å²) >= 11 is 0. The average Bonchev–Trinajstić information content (AvgIpc) is 2.71. The minimum Gasteiger partial charge on any atom is -0.507 e. The normalized spacial score (nSPS) is 34.8. The molecule has 3 aliphatic rings. The lowest BCUT2D eigenvalue weighted by atomic mass is 9.54. The third-order valence-corrected chi connectivity index (χ3v) is 6.62. The van der Waals surface area contributed by atoms with Gasteiger partial charge in [0, 0.05) is 11.5 Å². The smallest absolute Gasteiger partial charge is 0.254 e. The van der Waals surface area contributed by atoms with E-state index in [0.717, 1.165) is 0 Å². The summed E-state index contributed by atoms with van der Waals surface area (Å²) < 4.78 is 0. The maximum Gasteiger partial charge on any atom is 0.254 e. The number of nitroso groups, excluding NO2 is 1. The Labute approximate surface area is 174 Å². The van der Waals surface area contributed by atoms with E-state index in [1.165, 1.54) is 12.1 Å². The average molecular weight is 429 g/mol. The lowest BCUT2D eigenvalue weighted by Gasteiger charge is -2.51. The highest BCUT2D eigenvalue weighted by atomic mass is 16.3. The van der Waals surface area contributed by atoms with E-state index in [4.69, 9.17) is 11.5 Å². The molecule has 11 nitrogen and oxygen atoms in total. The van der Waals surface area contributed by atoms with Crippen LogP contribution in [0.3, 0.4) is 0 Å². The van der Waals surface area contributed by atoms with Crippen LogP contribution in [0, 0.1) is 16.7 Å². The van der Waals surface area contributed by atoms with Crippen LogP contribution in [-0.4, -0.2) is 55.6 Å². The molecule has 1 aromatic rings. The first kappa shape index (κ1) is 20.8. The number of carbonyl (C=O) groups is 3. The van der Waals surface area contributed by atoms with Crippen LogP contribution in [-0.2, 0) is 14.4 Å². The molecule has 0 bridgehead atoms. The Morgan fingerprint density at radius 2 is 1.84 bits per heavy atom. The first-order chi connectivity index (χ1) is 14.5. The number of amides is 1. The molecule has 1 amide bonds. The summed E-state index contributed by atoms with van der Waals surface area (Å²) in [7, 11) is 0. The number of rotatable bonds is 2. The molecule has 0 heterocycles. The lowest BCUT2D eigenvalue weighted by Crippen LogP contribution is -2.71. The largest absolute Gasteiger partial charge is 0.507 e. The molecule has 1 aromatic carbocycles. The zero-order valence-electron chi connectivity index (χ0n) is 16.1. The second-order valence-corrected chi connectivity index (χ2v) is 8.00. The number of aliphatic hydroxyl groups is 3. The van der Waals surface area contributed by atoms with Gasteiger partial charge in [0.2, 0.25) is 11.6 Å². The molecule has 0 aromatic heterocycles. The molecule has 0 radical (unpaired) electrons. The summed E-state index contributed by atoms with van der Waals surface area (Å²) in [6, 6.07) is 2.72. The van der Waals surface area contributed by atoms with Gasteiger partial charge >= 0.3 is 0 Å². The molecule has 0 saturated heterocycles. The van der Waals surface area contributed by atoms with Crippen molar-refractivity contribution < 1.29 is 34.8 Å². The summed E-state index contributed by atoms with van der Waals surface area (Å²) in [6.45, 7) is 1.62. The molecule has 1 saturated carbocycles. The zero-order chi connectivity index (χ0) is 23.0. The Morgan fingerprint density at radius 3 is 2.42 bits per heavy atom. The van der Waals surface area contributed by atoms with Crippen molar-refractivity contribution in [1.29, 1.82) is 0 Å².